The highest BCUT2D eigenvalue weighted by Crippen LogP contribution is 2.26. The number of nitrogens with zero attached hydrogens (tertiary/aromatic N) is 4. The topological polar surface area (TPSA) is 119 Å². The number of nitrogens with one attached hydrogen (secondary N) is 2. The molecule has 1 heterocycles. The summed E-state index contributed by atoms with van der Waals surface area (Å²) < 4.78 is 6.36. The van der Waals surface area contributed by atoms with Crippen LogP contribution in [-0.2, 0) is 4.79 Å². The molecule has 0 aliphatic carbocycles. The lowest BCUT2D eigenvalue weighted by atomic mass is 10.1. The van der Waals surface area contributed by atoms with Gasteiger partial charge in [0.2, 0.25) is 11.1 Å². The van der Waals surface area contributed by atoms with E-state index in [2.05, 4.69) is 26.0 Å². The first-order chi connectivity index (χ1) is 14.9. The molecule has 3 rings (SSSR count). The van der Waals surface area contributed by atoms with Gasteiger partial charge < -0.3 is 15.9 Å². The first-order valence-corrected chi connectivity index (χ1v) is 10.6. The van der Waals surface area contributed by atoms with Crippen LogP contribution in [0.4, 0.5) is 11.6 Å². The minimum Gasteiger partial charge on any atom is -0.497 e. The Kier molecular flexibility index (Phi) is 7.61. The number of amides is 1. The zero-order valence-electron chi connectivity index (χ0n) is 16.6. The van der Waals surface area contributed by atoms with Gasteiger partial charge in [-0.05, 0) is 55.0 Å². The first kappa shape index (κ1) is 22.7. The summed E-state index contributed by atoms with van der Waals surface area (Å²) in [7, 11) is 1.61. The minimum absolute atomic E-state index is 0.0479. The highest BCUT2D eigenvalue weighted by atomic mass is 35.5. The van der Waals surface area contributed by atoms with Gasteiger partial charge in [-0.15, -0.1) is 10.2 Å². The van der Waals surface area contributed by atoms with E-state index in [4.69, 9.17) is 33.8 Å². The maximum atomic E-state index is 12.2. The summed E-state index contributed by atoms with van der Waals surface area (Å²) in [6.07, 6.45) is 0. The summed E-state index contributed by atoms with van der Waals surface area (Å²) in [5.74, 6) is 6.75. The van der Waals surface area contributed by atoms with Crippen LogP contribution >= 0.6 is 35.0 Å². The molecule has 0 bridgehead atoms. The number of hydrogen-bond donors (Lipinski definition) is 3. The molecule has 1 amide bonds. The number of thioether (sulfide) groups is 1. The fourth-order valence-electron chi connectivity index (χ4n) is 2.39. The number of nitrogen functional groups attached to an aromatic ring is 1. The van der Waals surface area contributed by atoms with E-state index in [9.17, 15) is 4.79 Å². The van der Waals surface area contributed by atoms with Gasteiger partial charge in [-0.2, -0.15) is 5.10 Å². The van der Waals surface area contributed by atoms with Gasteiger partial charge in [-0.1, -0.05) is 35.0 Å². The van der Waals surface area contributed by atoms with Crippen molar-refractivity contribution in [3.63, 3.8) is 0 Å². The standard InChI is InChI=1S/C19H19Cl2N7O2S/c1-11(12-3-6-14(30-2)7-4-12)24-25-18-26-27-19(28(18)22)31-10-17(29)23-16-9-13(20)5-8-15(16)21/h3-9H,10,22H2,1-2H3,(H,23,29)(H,25,26)/b24-11+. The van der Waals surface area contributed by atoms with Crippen LogP contribution in [0.3, 0.4) is 0 Å². The summed E-state index contributed by atoms with van der Waals surface area (Å²) in [4.78, 5) is 12.2. The molecule has 3 aromatic rings. The molecule has 0 saturated carbocycles. The van der Waals surface area contributed by atoms with Gasteiger partial charge >= 0.3 is 0 Å². The number of aromatic nitrogens is 3. The number of methoxy groups -OCH3 is 1. The lowest BCUT2D eigenvalue weighted by Gasteiger charge is -2.07. The Bertz CT molecular complexity index is 1100. The molecular formula is C19H19Cl2N7O2S. The van der Waals surface area contributed by atoms with Gasteiger partial charge in [0, 0.05) is 5.02 Å². The van der Waals surface area contributed by atoms with Crippen LogP contribution in [0.2, 0.25) is 10.0 Å². The summed E-state index contributed by atoms with van der Waals surface area (Å²) in [6, 6.07) is 12.3. The molecule has 0 aliphatic rings. The van der Waals surface area contributed by atoms with Gasteiger partial charge in [-0.25, -0.2) is 10.1 Å². The molecule has 0 atom stereocenters. The van der Waals surface area contributed by atoms with Crippen molar-refractivity contribution >= 4 is 58.2 Å². The summed E-state index contributed by atoms with van der Waals surface area (Å²) in [5.41, 5.74) is 4.83. The van der Waals surface area contributed by atoms with Crippen molar-refractivity contribution in [2.24, 2.45) is 5.10 Å². The van der Waals surface area contributed by atoms with E-state index in [0.717, 1.165) is 28.8 Å². The van der Waals surface area contributed by atoms with E-state index in [1.165, 1.54) is 4.68 Å². The van der Waals surface area contributed by atoms with Crippen molar-refractivity contribution in [1.82, 2.24) is 14.9 Å². The zero-order valence-corrected chi connectivity index (χ0v) is 18.9. The number of rotatable bonds is 8. The largest absolute Gasteiger partial charge is 0.497 e. The van der Waals surface area contributed by atoms with Gasteiger partial charge in [0.15, 0.2) is 0 Å². The smallest absolute Gasteiger partial charge is 0.264 e. The van der Waals surface area contributed by atoms with E-state index in [0.29, 0.717) is 20.9 Å². The van der Waals surface area contributed by atoms with Gasteiger partial charge in [0.05, 0.1) is 29.3 Å². The monoisotopic (exact) mass is 479 g/mol. The normalized spacial score (nSPS) is 11.3. The lowest BCUT2D eigenvalue weighted by Crippen LogP contribution is -2.17. The van der Waals surface area contributed by atoms with E-state index < -0.39 is 0 Å². The summed E-state index contributed by atoms with van der Waals surface area (Å²) >= 11 is 13.1. The average molecular weight is 480 g/mol. The summed E-state index contributed by atoms with van der Waals surface area (Å²) in [5, 5.41) is 16.1. The molecule has 0 unspecified atom stereocenters. The second-order valence-corrected chi connectivity index (χ2v) is 7.96. The Morgan fingerprint density at radius 2 is 1.97 bits per heavy atom. The predicted molar refractivity (Wildman–Crippen MR) is 125 cm³/mol. The number of hydrogen-bond acceptors (Lipinski definition) is 8. The quantitative estimate of drug-likeness (QED) is 0.194. The molecule has 1 aromatic heterocycles. The Morgan fingerprint density at radius 1 is 1.23 bits per heavy atom. The van der Waals surface area contributed by atoms with Gasteiger partial charge in [-0.3, -0.25) is 4.79 Å². The number of ether oxygens (including phenoxy) is 1. The Hall–Kier alpha value is -2.95. The van der Waals surface area contributed by atoms with Crippen molar-refractivity contribution in [3.8, 4) is 5.75 Å². The number of anilines is 2. The van der Waals surface area contributed by atoms with E-state index in [1.54, 1.807) is 25.3 Å². The molecule has 4 N–H and O–H groups in total. The third kappa shape index (κ3) is 6.03. The second-order valence-electron chi connectivity index (χ2n) is 6.17. The highest BCUT2D eigenvalue weighted by molar-refractivity contribution is 7.99. The molecule has 0 radical (unpaired) electrons. The molecule has 9 nitrogen and oxygen atoms in total. The van der Waals surface area contributed by atoms with Crippen LogP contribution in [0.5, 0.6) is 5.75 Å². The number of hydrazone groups is 1. The van der Waals surface area contributed by atoms with Crippen molar-refractivity contribution in [2.45, 2.75) is 12.1 Å². The second kappa shape index (κ2) is 10.4. The van der Waals surface area contributed by atoms with E-state index >= 15 is 0 Å². The maximum absolute atomic E-state index is 12.2. The highest BCUT2D eigenvalue weighted by Gasteiger charge is 2.13. The SMILES string of the molecule is COc1ccc(/C(C)=N/Nc2nnc(SCC(=O)Nc3cc(Cl)ccc3Cl)n2N)cc1. The van der Waals surface area contributed by atoms with Crippen LogP contribution in [0.15, 0.2) is 52.7 Å². The van der Waals surface area contributed by atoms with Crippen molar-refractivity contribution in [2.75, 3.05) is 29.4 Å². The van der Waals surface area contributed by atoms with E-state index in [1.807, 2.05) is 31.2 Å². The molecule has 0 spiro atoms. The number of halogens is 2. The van der Waals surface area contributed by atoms with Crippen molar-refractivity contribution in [1.29, 1.82) is 0 Å². The third-order valence-electron chi connectivity index (χ3n) is 4.03. The fraction of sp³-hybridized carbons (Fsp3) is 0.158. The van der Waals surface area contributed by atoms with E-state index in [-0.39, 0.29) is 17.6 Å². The third-order valence-corrected chi connectivity index (χ3v) is 5.54. The van der Waals surface area contributed by atoms with Crippen LogP contribution < -0.4 is 21.3 Å². The van der Waals surface area contributed by atoms with Gasteiger partial charge in [0.1, 0.15) is 5.75 Å². The minimum atomic E-state index is -0.292. The number of nitrogens with two attached hydrogens (primary N) is 1. The molecule has 2 aromatic carbocycles. The summed E-state index contributed by atoms with van der Waals surface area (Å²) in [6.45, 7) is 1.84. The molecule has 31 heavy (non-hydrogen) atoms. The molecule has 0 fully saturated rings. The average Bonchev–Trinajstić information content (AvgIpc) is 3.12. The Labute approximate surface area is 192 Å². The van der Waals surface area contributed by atoms with Crippen LogP contribution in [0, 0.1) is 0 Å². The van der Waals surface area contributed by atoms with Crippen LogP contribution in [0.25, 0.3) is 0 Å². The first-order valence-electron chi connectivity index (χ1n) is 8.90. The number of benzene rings is 2. The van der Waals surface area contributed by atoms with Gasteiger partial charge in [0.25, 0.3) is 5.95 Å². The Balaban J connectivity index is 1.58. The van der Waals surface area contributed by atoms with Crippen molar-refractivity contribution < 1.29 is 9.53 Å². The number of carbonyl (C=O) groups is 1. The fourth-order valence-corrected chi connectivity index (χ4v) is 3.39. The van der Waals surface area contributed by atoms with Crippen molar-refractivity contribution in [3.05, 3.63) is 58.1 Å². The Morgan fingerprint density at radius 3 is 2.68 bits per heavy atom. The van der Waals surface area contributed by atoms with Crippen LogP contribution in [-0.4, -0.2) is 39.4 Å². The molecule has 0 aliphatic heterocycles. The lowest BCUT2D eigenvalue weighted by molar-refractivity contribution is -0.113. The molecule has 162 valence electrons. The molecular weight excluding hydrogens is 461 g/mol. The molecule has 12 heteroatoms. The molecule has 0 saturated heterocycles. The predicted octanol–water partition coefficient (Wildman–Crippen LogP) is 3.87. The van der Waals surface area contributed by atoms with Crippen LogP contribution in [0.1, 0.15) is 12.5 Å². The number of carbonyl (C=O) groups excluding carboxylic acids is 1. The zero-order chi connectivity index (χ0) is 22.4. The maximum Gasteiger partial charge on any atom is 0.264 e.